The molecule has 1 aliphatic heterocycles. The standard InChI is InChI=1S/C11H15N3O7/c1-5(10(19)20)3-12-7(15)4-14-9(18)6(2-8(16)17)13-11(14)21/h5-6H,2-4H2,1H3,(H,12,15)(H,13,21)(H,16,17)(H,19,20)/p+1. The Hall–Kier alpha value is -2.65. The molecule has 10 nitrogen and oxygen atoms in total. The lowest BCUT2D eigenvalue weighted by molar-refractivity contribution is -0.141. The van der Waals surface area contributed by atoms with Crippen LogP contribution >= 0.6 is 0 Å². The van der Waals surface area contributed by atoms with E-state index in [4.69, 9.17) is 10.2 Å². The predicted molar refractivity (Wildman–Crippen MR) is 67.1 cm³/mol. The highest BCUT2D eigenvalue weighted by Gasteiger charge is 2.40. The SMILES string of the molecule is CC(CNC(=O)CN1C(=O)NC(CC(=O)O)C1=O)C(=O)[OH2+]. The van der Waals surface area contributed by atoms with Crippen LogP contribution in [0.4, 0.5) is 4.79 Å². The normalized spacial score (nSPS) is 19.1. The minimum absolute atomic E-state index is 0.0800. The maximum atomic E-state index is 11.7. The minimum Gasteiger partial charge on any atom is -0.564 e. The number of amides is 4. The van der Waals surface area contributed by atoms with Crippen molar-refractivity contribution in [2.24, 2.45) is 5.92 Å². The smallest absolute Gasteiger partial charge is 0.520 e. The van der Waals surface area contributed by atoms with Gasteiger partial charge in [0.1, 0.15) is 18.5 Å². The van der Waals surface area contributed by atoms with E-state index in [0.717, 1.165) is 0 Å². The lowest BCUT2D eigenvalue weighted by Crippen LogP contribution is -2.42. The highest BCUT2D eigenvalue weighted by atomic mass is 16.4. The number of rotatable bonds is 7. The number of imide groups is 1. The molecular weight excluding hydrogens is 286 g/mol. The summed E-state index contributed by atoms with van der Waals surface area (Å²) >= 11 is 0. The van der Waals surface area contributed by atoms with Gasteiger partial charge >= 0.3 is 18.0 Å². The van der Waals surface area contributed by atoms with E-state index in [9.17, 15) is 24.0 Å². The molecule has 4 amide bonds. The van der Waals surface area contributed by atoms with E-state index >= 15 is 0 Å². The topological polar surface area (TPSA) is 156 Å². The van der Waals surface area contributed by atoms with Gasteiger partial charge < -0.3 is 20.8 Å². The number of carbonyl (C=O) groups is 5. The summed E-state index contributed by atoms with van der Waals surface area (Å²) in [5, 5.41) is 19.9. The molecule has 0 aromatic rings. The molecule has 0 spiro atoms. The summed E-state index contributed by atoms with van der Waals surface area (Å²) in [5.41, 5.74) is 0. The van der Waals surface area contributed by atoms with Crippen molar-refractivity contribution in [3.63, 3.8) is 0 Å². The van der Waals surface area contributed by atoms with E-state index in [1.807, 2.05) is 0 Å². The third-order valence-electron chi connectivity index (χ3n) is 2.84. The fourth-order valence-corrected chi connectivity index (χ4v) is 1.60. The first-order chi connectivity index (χ1) is 9.72. The average molecular weight is 302 g/mol. The van der Waals surface area contributed by atoms with Crippen molar-refractivity contribution < 1.29 is 34.2 Å². The van der Waals surface area contributed by atoms with E-state index in [0.29, 0.717) is 4.90 Å². The first kappa shape index (κ1) is 16.4. The molecule has 0 aromatic carbocycles. The van der Waals surface area contributed by atoms with Crippen molar-refractivity contribution in [2.45, 2.75) is 19.4 Å². The van der Waals surface area contributed by atoms with Crippen LogP contribution in [-0.2, 0) is 19.2 Å². The first-order valence-electron chi connectivity index (χ1n) is 6.08. The molecule has 1 saturated heterocycles. The van der Waals surface area contributed by atoms with Crippen LogP contribution in [0, 0.1) is 5.92 Å². The zero-order chi connectivity index (χ0) is 16.2. The van der Waals surface area contributed by atoms with Crippen LogP contribution in [0.5, 0.6) is 0 Å². The molecule has 1 heterocycles. The Morgan fingerprint density at radius 1 is 1.43 bits per heavy atom. The lowest BCUT2D eigenvalue weighted by atomic mass is 10.2. The maximum absolute atomic E-state index is 11.7. The van der Waals surface area contributed by atoms with Crippen LogP contribution in [0.2, 0.25) is 0 Å². The lowest BCUT2D eigenvalue weighted by Gasteiger charge is -2.13. The van der Waals surface area contributed by atoms with Gasteiger partial charge in [0, 0.05) is 11.3 Å². The molecule has 116 valence electrons. The Morgan fingerprint density at radius 2 is 2.05 bits per heavy atom. The average Bonchev–Trinajstić information content (AvgIpc) is 2.62. The van der Waals surface area contributed by atoms with Crippen molar-refractivity contribution in [1.82, 2.24) is 15.5 Å². The molecular formula is C11H16N3O7+. The van der Waals surface area contributed by atoms with E-state index in [1.165, 1.54) is 6.92 Å². The number of carboxylic acid groups (broad SMARTS) is 1. The van der Waals surface area contributed by atoms with Gasteiger partial charge in [-0.05, 0) is 6.92 Å². The Labute approximate surface area is 119 Å². The van der Waals surface area contributed by atoms with E-state index < -0.39 is 54.7 Å². The molecule has 21 heavy (non-hydrogen) atoms. The molecule has 1 fully saturated rings. The minimum atomic E-state index is -1.25. The van der Waals surface area contributed by atoms with Crippen molar-refractivity contribution in [2.75, 3.05) is 13.1 Å². The van der Waals surface area contributed by atoms with Crippen LogP contribution in [0.15, 0.2) is 0 Å². The molecule has 10 heteroatoms. The number of aliphatic carboxylic acids is 1. The summed E-state index contributed by atoms with van der Waals surface area (Å²) in [6, 6.07) is -2.03. The van der Waals surface area contributed by atoms with Crippen LogP contribution in [0.1, 0.15) is 13.3 Å². The van der Waals surface area contributed by atoms with Crippen LogP contribution < -0.4 is 10.6 Å². The van der Waals surface area contributed by atoms with Crippen LogP contribution in [0.25, 0.3) is 0 Å². The third-order valence-corrected chi connectivity index (χ3v) is 2.84. The maximum Gasteiger partial charge on any atom is 0.520 e. The molecule has 2 atom stereocenters. The molecule has 2 unspecified atom stereocenters. The second-order valence-electron chi connectivity index (χ2n) is 4.59. The quantitative estimate of drug-likeness (QED) is 0.345. The molecule has 1 rings (SSSR count). The number of nitrogens with zero attached hydrogens (tertiary/aromatic N) is 1. The van der Waals surface area contributed by atoms with Crippen LogP contribution in [0.3, 0.4) is 0 Å². The summed E-state index contributed by atoms with van der Waals surface area (Å²) in [5.74, 6) is -4.25. The van der Waals surface area contributed by atoms with Gasteiger partial charge in [-0.15, -0.1) is 0 Å². The van der Waals surface area contributed by atoms with Gasteiger partial charge in [0.2, 0.25) is 5.91 Å². The van der Waals surface area contributed by atoms with Gasteiger partial charge in [0.15, 0.2) is 0 Å². The van der Waals surface area contributed by atoms with Crippen molar-refractivity contribution in [1.29, 1.82) is 0 Å². The number of hydrogen-bond acceptors (Lipinski definition) is 5. The van der Waals surface area contributed by atoms with Gasteiger partial charge in [-0.1, -0.05) is 0 Å². The van der Waals surface area contributed by atoms with Crippen molar-refractivity contribution in [3.8, 4) is 0 Å². The Balaban J connectivity index is 2.52. The van der Waals surface area contributed by atoms with Crippen LogP contribution in [-0.4, -0.2) is 64.0 Å². The van der Waals surface area contributed by atoms with E-state index in [-0.39, 0.29) is 6.54 Å². The Kier molecular flexibility index (Phi) is 5.22. The first-order valence-corrected chi connectivity index (χ1v) is 6.08. The highest BCUT2D eigenvalue weighted by molar-refractivity contribution is 6.07. The van der Waals surface area contributed by atoms with Crippen molar-refractivity contribution >= 4 is 29.8 Å². The molecule has 1 aliphatic rings. The molecule has 0 saturated carbocycles. The molecule has 0 bridgehead atoms. The summed E-state index contributed by atoms with van der Waals surface area (Å²) in [6.45, 7) is 0.801. The van der Waals surface area contributed by atoms with Gasteiger partial charge in [0.25, 0.3) is 5.91 Å². The Bertz CT molecular complexity index is 490. The van der Waals surface area contributed by atoms with Crippen molar-refractivity contribution in [3.05, 3.63) is 0 Å². The number of hydrogen-bond donors (Lipinski definition) is 3. The third kappa shape index (κ3) is 4.44. The summed E-state index contributed by atoms with van der Waals surface area (Å²) < 4.78 is 0. The molecule has 0 aliphatic carbocycles. The zero-order valence-electron chi connectivity index (χ0n) is 11.2. The van der Waals surface area contributed by atoms with Gasteiger partial charge in [-0.3, -0.25) is 19.3 Å². The summed E-state index contributed by atoms with van der Waals surface area (Å²) in [4.78, 5) is 56.6. The Morgan fingerprint density at radius 3 is 2.57 bits per heavy atom. The number of carbonyl (C=O) groups excluding carboxylic acids is 4. The highest BCUT2D eigenvalue weighted by Crippen LogP contribution is 2.09. The number of nitrogens with one attached hydrogen (secondary N) is 2. The number of urea groups is 1. The second-order valence-corrected chi connectivity index (χ2v) is 4.59. The fraction of sp³-hybridized carbons (Fsp3) is 0.545. The monoisotopic (exact) mass is 302 g/mol. The molecule has 0 aromatic heterocycles. The van der Waals surface area contributed by atoms with Gasteiger partial charge in [-0.25, -0.2) is 4.79 Å². The van der Waals surface area contributed by atoms with E-state index in [1.54, 1.807) is 0 Å². The summed E-state index contributed by atoms with van der Waals surface area (Å²) in [6.07, 6.45) is -0.562. The number of carboxylic acids is 1. The second kappa shape index (κ2) is 6.68. The van der Waals surface area contributed by atoms with Gasteiger partial charge in [0.05, 0.1) is 6.42 Å². The predicted octanol–water partition coefficient (Wildman–Crippen LogP) is -2.61. The van der Waals surface area contributed by atoms with Gasteiger partial charge in [-0.2, -0.15) is 0 Å². The van der Waals surface area contributed by atoms with E-state index in [2.05, 4.69) is 10.6 Å². The largest absolute Gasteiger partial charge is 0.564 e. The molecule has 0 radical (unpaired) electrons. The zero-order valence-corrected chi connectivity index (χ0v) is 11.2. The fourth-order valence-electron chi connectivity index (χ4n) is 1.60. The molecule has 5 N–H and O–H groups in total. The summed E-state index contributed by atoms with van der Waals surface area (Å²) in [7, 11) is 0.